The normalized spacial score (nSPS) is 10.7. The van der Waals surface area contributed by atoms with Gasteiger partial charge in [-0.25, -0.2) is 4.98 Å². The van der Waals surface area contributed by atoms with Gasteiger partial charge in [-0.1, -0.05) is 36.4 Å². The van der Waals surface area contributed by atoms with Gasteiger partial charge >= 0.3 is 0 Å². The summed E-state index contributed by atoms with van der Waals surface area (Å²) in [5.41, 5.74) is 3.23. The van der Waals surface area contributed by atoms with E-state index in [2.05, 4.69) is 5.32 Å². The third-order valence-corrected chi connectivity index (χ3v) is 4.50. The van der Waals surface area contributed by atoms with E-state index in [0.29, 0.717) is 23.0 Å². The van der Waals surface area contributed by atoms with Gasteiger partial charge in [-0.3, -0.25) is 9.20 Å². The number of pyridine rings is 1. The van der Waals surface area contributed by atoms with Crippen molar-refractivity contribution in [1.29, 1.82) is 0 Å². The largest absolute Gasteiger partial charge is 0.496 e. The first-order valence-electron chi connectivity index (χ1n) is 9.25. The first kappa shape index (κ1) is 18.6. The molecule has 0 unspecified atom stereocenters. The second-order valence-electron chi connectivity index (χ2n) is 6.59. The number of nitrogens with zero attached hydrogens (tertiary/aromatic N) is 2. The molecule has 0 atom stereocenters. The number of rotatable bonds is 6. The molecule has 6 nitrogen and oxygen atoms in total. The third-order valence-electron chi connectivity index (χ3n) is 4.50. The molecule has 4 rings (SSSR count). The Morgan fingerprint density at radius 2 is 1.79 bits per heavy atom. The van der Waals surface area contributed by atoms with E-state index in [1.54, 1.807) is 7.11 Å². The van der Waals surface area contributed by atoms with Crippen molar-refractivity contribution < 1.29 is 14.3 Å². The molecule has 6 heteroatoms. The van der Waals surface area contributed by atoms with E-state index in [-0.39, 0.29) is 12.5 Å². The van der Waals surface area contributed by atoms with Gasteiger partial charge in [0.05, 0.1) is 7.11 Å². The average molecular weight is 387 g/mol. The van der Waals surface area contributed by atoms with Crippen molar-refractivity contribution in [2.45, 2.75) is 6.92 Å². The molecule has 0 saturated carbocycles. The molecule has 0 fully saturated rings. The van der Waals surface area contributed by atoms with Crippen molar-refractivity contribution in [2.75, 3.05) is 19.0 Å². The molecule has 2 aromatic heterocycles. The predicted molar refractivity (Wildman–Crippen MR) is 112 cm³/mol. The molecular formula is C23H21N3O3. The highest BCUT2D eigenvalue weighted by molar-refractivity contribution is 5.96. The molecule has 0 aliphatic rings. The molecule has 2 aromatic carbocycles. The molecule has 29 heavy (non-hydrogen) atoms. The number of imidazole rings is 1. The van der Waals surface area contributed by atoms with Crippen LogP contribution < -0.4 is 14.8 Å². The number of hydrogen-bond acceptors (Lipinski definition) is 4. The van der Waals surface area contributed by atoms with Crippen molar-refractivity contribution in [3.8, 4) is 22.8 Å². The highest BCUT2D eigenvalue weighted by Gasteiger charge is 2.19. The molecular weight excluding hydrogens is 366 g/mol. The van der Waals surface area contributed by atoms with Crippen LogP contribution >= 0.6 is 0 Å². The summed E-state index contributed by atoms with van der Waals surface area (Å²) in [4.78, 5) is 17.4. The second kappa shape index (κ2) is 8.06. The summed E-state index contributed by atoms with van der Waals surface area (Å²) in [5, 5.41) is 2.96. The Morgan fingerprint density at radius 3 is 2.59 bits per heavy atom. The fraction of sp³-hybridized carbons (Fsp3) is 0.130. The lowest BCUT2D eigenvalue weighted by Crippen LogP contribution is -2.21. The Kier molecular flexibility index (Phi) is 5.16. The molecule has 0 bridgehead atoms. The Balaban J connectivity index is 1.70. The second-order valence-corrected chi connectivity index (χ2v) is 6.59. The van der Waals surface area contributed by atoms with Crippen LogP contribution in [0.5, 0.6) is 11.5 Å². The number of aryl methyl sites for hydroxylation is 1. The molecule has 0 radical (unpaired) electrons. The van der Waals surface area contributed by atoms with Gasteiger partial charge in [-0.2, -0.15) is 0 Å². The van der Waals surface area contributed by atoms with E-state index in [0.717, 1.165) is 16.8 Å². The number of aromatic nitrogens is 2. The summed E-state index contributed by atoms with van der Waals surface area (Å²) in [6.45, 7) is 1.89. The number of ether oxygens (including phenoxy) is 2. The molecule has 4 aromatic rings. The van der Waals surface area contributed by atoms with Gasteiger partial charge in [0.1, 0.15) is 28.7 Å². The molecule has 0 aliphatic carbocycles. The zero-order valence-electron chi connectivity index (χ0n) is 16.3. The third kappa shape index (κ3) is 3.91. The molecule has 0 saturated heterocycles. The average Bonchev–Trinajstić information content (AvgIpc) is 3.10. The number of nitrogens with one attached hydrogen (secondary N) is 1. The molecule has 2 heterocycles. The maximum absolute atomic E-state index is 12.6. The smallest absolute Gasteiger partial charge is 0.263 e. The quantitative estimate of drug-likeness (QED) is 0.535. The van der Waals surface area contributed by atoms with E-state index >= 15 is 0 Å². The van der Waals surface area contributed by atoms with Crippen molar-refractivity contribution in [1.82, 2.24) is 9.38 Å². The monoisotopic (exact) mass is 387 g/mol. The van der Waals surface area contributed by atoms with Gasteiger partial charge in [0.15, 0.2) is 6.61 Å². The number of methoxy groups -OCH3 is 1. The van der Waals surface area contributed by atoms with E-state index in [4.69, 9.17) is 14.5 Å². The fourth-order valence-corrected chi connectivity index (χ4v) is 3.13. The van der Waals surface area contributed by atoms with Crippen molar-refractivity contribution >= 4 is 17.4 Å². The van der Waals surface area contributed by atoms with Gasteiger partial charge in [0.2, 0.25) is 0 Å². The maximum Gasteiger partial charge on any atom is 0.263 e. The fourth-order valence-electron chi connectivity index (χ4n) is 3.13. The van der Waals surface area contributed by atoms with Gasteiger partial charge in [0, 0.05) is 11.8 Å². The SMILES string of the molecule is COc1ccccc1-c1nc2ccc(C)cn2c1NC(=O)COc1ccccc1. The lowest BCUT2D eigenvalue weighted by molar-refractivity contribution is -0.118. The van der Waals surface area contributed by atoms with Crippen molar-refractivity contribution in [3.05, 3.63) is 78.5 Å². The number of para-hydroxylation sites is 2. The van der Waals surface area contributed by atoms with Crippen LogP contribution in [0.1, 0.15) is 5.56 Å². The van der Waals surface area contributed by atoms with Gasteiger partial charge in [-0.15, -0.1) is 0 Å². The van der Waals surface area contributed by atoms with E-state index in [1.165, 1.54) is 0 Å². The Hall–Kier alpha value is -3.80. The standard InChI is InChI=1S/C23H21N3O3/c1-16-12-13-20-24-22(18-10-6-7-11-19(18)28-2)23(26(20)14-16)25-21(27)15-29-17-8-4-3-5-9-17/h3-14H,15H2,1-2H3,(H,25,27). The van der Waals surface area contributed by atoms with Crippen molar-refractivity contribution in [3.63, 3.8) is 0 Å². The van der Waals surface area contributed by atoms with Crippen LogP contribution in [0.25, 0.3) is 16.9 Å². The van der Waals surface area contributed by atoms with Crippen LogP contribution in [0.2, 0.25) is 0 Å². The zero-order chi connectivity index (χ0) is 20.2. The molecule has 0 spiro atoms. The van der Waals surface area contributed by atoms with Gasteiger partial charge in [0.25, 0.3) is 5.91 Å². The maximum atomic E-state index is 12.6. The lowest BCUT2D eigenvalue weighted by Gasteiger charge is -2.11. The highest BCUT2D eigenvalue weighted by atomic mass is 16.5. The van der Waals surface area contributed by atoms with E-state index in [9.17, 15) is 4.79 Å². The number of amides is 1. The van der Waals surface area contributed by atoms with Crippen LogP contribution in [-0.4, -0.2) is 29.0 Å². The summed E-state index contributed by atoms with van der Waals surface area (Å²) in [5.74, 6) is 1.63. The Morgan fingerprint density at radius 1 is 1.03 bits per heavy atom. The molecule has 1 amide bonds. The van der Waals surface area contributed by atoms with Crippen molar-refractivity contribution in [2.24, 2.45) is 0 Å². The number of fused-ring (bicyclic) bond motifs is 1. The number of anilines is 1. The van der Waals surface area contributed by atoms with Crippen LogP contribution in [0.15, 0.2) is 72.9 Å². The first-order valence-corrected chi connectivity index (χ1v) is 9.25. The van der Waals surface area contributed by atoms with Crippen LogP contribution in [0.4, 0.5) is 5.82 Å². The van der Waals surface area contributed by atoms with E-state index < -0.39 is 0 Å². The minimum atomic E-state index is -0.270. The summed E-state index contributed by atoms with van der Waals surface area (Å²) < 4.78 is 12.9. The summed E-state index contributed by atoms with van der Waals surface area (Å²) in [6.07, 6.45) is 1.94. The summed E-state index contributed by atoms with van der Waals surface area (Å²) >= 11 is 0. The lowest BCUT2D eigenvalue weighted by atomic mass is 10.1. The first-order chi connectivity index (χ1) is 14.2. The number of benzene rings is 2. The van der Waals surface area contributed by atoms with Crippen LogP contribution in [0.3, 0.4) is 0 Å². The van der Waals surface area contributed by atoms with Gasteiger partial charge < -0.3 is 14.8 Å². The van der Waals surface area contributed by atoms with Gasteiger partial charge in [-0.05, 0) is 42.8 Å². The predicted octanol–water partition coefficient (Wildman–Crippen LogP) is 4.34. The van der Waals surface area contributed by atoms with Crippen LogP contribution in [-0.2, 0) is 4.79 Å². The number of carbonyl (C=O) groups excluding carboxylic acids is 1. The molecule has 1 N–H and O–H groups in total. The number of hydrogen-bond donors (Lipinski definition) is 1. The van der Waals surface area contributed by atoms with E-state index in [1.807, 2.05) is 84.3 Å². The molecule has 146 valence electrons. The summed E-state index contributed by atoms with van der Waals surface area (Å²) in [7, 11) is 1.62. The highest BCUT2D eigenvalue weighted by Crippen LogP contribution is 2.35. The topological polar surface area (TPSA) is 64.9 Å². The Labute approximate surface area is 168 Å². The minimum absolute atomic E-state index is 0.103. The molecule has 0 aliphatic heterocycles. The Bertz CT molecular complexity index is 1150. The minimum Gasteiger partial charge on any atom is -0.496 e. The zero-order valence-corrected chi connectivity index (χ0v) is 16.3. The number of carbonyl (C=O) groups is 1. The van der Waals surface area contributed by atoms with Crippen LogP contribution in [0, 0.1) is 6.92 Å². The summed E-state index contributed by atoms with van der Waals surface area (Å²) in [6, 6.07) is 20.7.